The number of rotatable bonds is 5. The van der Waals surface area contributed by atoms with Gasteiger partial charge in [-0.3, -0.25) is 14.8 Å². The third-order valence-electron chi connectivity index (χ3n) is 4.95. The van der Waals surface area contributed by atoms with E-state index in [9.17, 15) is 18.0 Å². The zero-order valence-electron chi connectivity index (χ0n) is 15.6. The van der Waals surface area contributed by atoms with Crippen LogP contribution >= 0.6 is 0 Å². The average Bonchev–Trinajstić information content (AvgIpc) is 2.68. The number of alkyl halides is 3. The maximum Gasteiger partial charge on any atom is 0.433 e. The highest BCUT2D eigenvalue weighted by atomic mass is 19.4. The number of nitrogens with zero attached hydrogens (tertiary/aromatic N) is 3. The van der Waals surface area contributed by atoms with E-state index in [-0.39, 0.29) is 18.4 Å². The van der Waals surface area contributed by atoms with Crippen LogP contribution < -0.4 is 4.74 Å². The number of likely N-dealkylation sites (tertiary alicyclic amines) is 1. The van der Waals surface area contributed by atoms with E-state index in [1.165, 1.54) is 6.07 Å². The molecule has 0 saturated carbocycles. The summed E-state index contributed by atoms with van der Waals surface area (Å²) in [6.45, 7) is 0.639. The monoisotopic (exact) mass is 393 g/mol. The minimum absolute atomic E-state index is 0.0155. The van der Waals surface area contributed by atoms with Gasteiger partial charge in [0, 0.05) is 36.7 Å². The lowest BCUT2D eigenvalue weighted by Crippen LogP contribution is -2.45. The maximum atomic E-state index is 12.8. The number of ether oxygens (including phenoxy) is 1. The molecule has 0 unspecified atom stereocenters. The minimum atomic E-state index is -4.48. The van der Waals surface area contributed by atoms with Crippen molar-refractivity contribution in [3.63, 3.8) is 0 Å². The molecule has 0 aliphatic carbocycles. The van der Waals surface area contributed by atoms with E-state index in [0.29, 0.717) is 18.5 Å². The van der Waals surface area contributed by atoms with Crippen molar-refractivity contribution in [1.29, 1.82) is 0 Å². The van der Waals surface area contributed by atoms with E-state index in [1.807, 2.05) is 4.90 Å². The lowest BCUT2D eigenvalue weighted by molar-refractivity contribution is -0.141. The molecule has 8 heteroatoms. The molecule has 1 aliphatic heterocycles. The van der Waals surface area contributed by atoms with Crippen LogP contribution in [0.1, 0.15) is 36.1 Å². The molecule has 150 valence electrons. The Morgan fingerprint density at radius 2 is 2.07 bits per heavy atom. The van der Waals surface area contributed by atoms with E-state index < -0.39 is 11.9 Å². The van der Waals surface area contributed by atoms with E-state index >= 15 is 0 Å². The second-order valence-corrected chi connectivity index (χ2v) is 6.85. The molecule has 3 heterocycles. The third-order valence-corrected chi connectivity index (χ3v) is 4.95. The molecular weight excluding hydrogens is 371 g/mol. The van der Waals surface area contributed by atoms with Gasteiger partial charge in [-0.2, -0.15) is 13.2 Å². The summed E-state index contributed by atoms with van der Waals surface area (Å²) in [5.74, 6) is 0.633. The van der Waals surface area contributed by atoms with Crippen LogP contribution in [0.15, 0.2) is 36.8 Å². The molecule has 0 bridgehead atoms. The zero-order valence-corrected chi connectivity index (χ0v) is 15.6. The zero-order chi connectivity index (χ0) is 20.1. The van der Waals surface area contributed by atoms with E-state index in [2.05, 4.69) is 9.97 Å². The van der Waals surface area contributed by atoms with Gasteiger partial charge in [0.1, 0.15) is 11.4 Å². The summed E-state index contributed by atoms with van der Waals surface area (Å²) in [5.41, 5.74) is 0.454. The molecule has 1 atom stereocenters. The van der Waals surface area contributed by atoms with Gasteiger partial charge in [0.05, 0.1) is 13.5 Å². The van der Waals surface area contributed by atoms with Gasteiger partial charge >= 0.3 is 6.18 Å². The molecule has 1 saturated heterocycles. The van der Waals surface area contributed by atoms with Crippen LogP contribution in [-0.4, -0.2) is 40.5 Å². The second-order valence-electron chi connectivity index (χ2n) is 6.85. The van der Waals surface area contributed by atoms with Crippen molar-refractivity contribution in [3.8, 4) is 5.75 Å². The lowest BCUT2D eigenvalue weighted by Gasteiger charge is -2.36. The summed E-state index contributed by atoms with van der Waals surface area (Å²) in [6.07, 6.45) is 3.53. The second kappa shape index (κ2) is 8.58. The smallest absolute Gasteiger partial charge is 0.433 e. The number of piperidine rings is 1. The third kappa shape index (κ3) is 4.79. The standard InChI is InChI=1S/C20H22F3N3O2/c1-28-17-7-8-24-13-15(17)11-16-4-2-3-9-26(16)19(27)10-14-5-6-18(25-12-14)20(21,22)23/h5-8,12-13,16H,2-4,9-11H2,1H3/t16-/m1/s1. The number of hydrogen-bond donors (Lipinski definition) is 0. The number of pyridine rings is 2. The highest BCUT2D eigenvalue weighted by Crippen LogP contribution is 2.28. The van der Waals surface area contributed by atoms with Gasteiger partial charge in [0.25, 0.3) is 0 Å². The Labute approximate surface area is 161 Å². The van der Waals surface area contributed by atoms with Crippen molar-refractivity contribution in [2.45, 2.75) is 44.3 Å². The van der Waals surface area contributed by atoms with Crippen molar-refractivity contribution < 1.29 is 22.7 Å². The number of carbonyl (C=O) groups excluding carboxylic acids is 1. The Balaban J connectivity index is 1.70. The predicted molar refractivity (Wildman–Crippen MR) is 96.8 cm³/mol. The molecule has 3 rings (SSSR count). The molecule has 28 heavy (non-hydrogen) atoms. The molecule has 1 aliphatic rings. The largest absolute Gasteiger partial charge is 0.496 e. The molecule has 0 radical (unpaired) electrons. The molecule has 0 spiro atoms. The molecule has 0 N–H and O–H groups in total. The van der Waals surface area contributed by atoms with Crippen LogP contribution in [-0.2, 0) is 23.8 Å². The van der Waals surface area contributed by atoms with Crippen molar-refractivity contribution in [2.75, 3.05) is 13.7 Å². The van der Waals surface area contributed by atoms with E-state index in [0.717, 1.165) is 42.8 Å². The fourth-order valence-corrected chi connectivity index (χ4v) is 3.53. The number of amides is 1. The summed E-state index contributed by atoms with van der Waals surface area (Å²) >= 11 is 0. The van der Waals surface area contributed by atoms with Crippen LogP contribution in [0.4, 0.5) is 13.2 Å². The summed E-state index contributed by atoms with van der Waals surface area (Å²) < 4.78 is 43.3. The number of hydrogen-bond acceptors (Lipinski definition) is 4. The Morgan fingerprint density at radius 1 is 1.25 bits per heavy atom. The first-order valence-electron chi connectivity index (χ1n) is 9.17. The average molecular weight is 393 g/mol. The molecule has 5 nitrogen and oxygen atoms in total. The minimum Gasteiger partial charge on any atom is -0.496 e. The van der Waals surface area contributed by atoms with E-state index in [1.54, 1.807) is 25.6 Å². The van der Waals surface area contributed by atoms with E-state index in [4.69, 9.17) is 4.74 Å². The first-order valence-corrected chi connectivity index (χ1v) is 9.17. The first kappa shape index (κ1) is 20.1. The predicted octanol–water partition coefficient (Wildman–Crippen LogP) is 3.67. The molecule has 2 aromatic rings. The highest BCUT2D eigenvalue weighted by Gasteiger charge is 2.32. The summed E-state index contributed by atoms with van der Waals surface area (Å²) in [7, 11) is 1.60. The quantitative estimate of drug-likeness (QED) is 0.778. The molecular formula is C20H22F3N3O2. The Hall–Kier alpha value is -2.64. The normalized spacial score (nSPS) is 17.4. The van der Waals surface area contributed by atoms with Gasteiger partial charge in [-0.25, -0.2) is 0 Å². The van der Waals surface area contributed by atoms with Gasteiger partial charge in [-0.15, -0.1) is 0 Å². The van der Waals surface area contributed by atoms with Gasteiger partial charge in [0.15, 0.2) is 0 Å². The number of aromatic nitrogens is 2. The van der Waals surface area contributed by atoms with Crippen LogP contribution in [0.25, 0.3) is 0 Å². The first-order chi connectivity index (χ1) is 13.4. The number of carbonyl (C=O) groups is 1. The highest BCUT2D eigenvalue weighted by molar-refractivity contribution is 5.79. The Kier molecular flexibility index (Phi) is 6.16. The van der Waals surface area contributed by atoms with Crippen molar-refractivity contribution >= 4 is 5.91 Å². The van der Waals surface area contributed by atoms with Crippen LogP contribution in [0.2, 0.25) is 0 Å². The summed E-state index contributed by atoms with van der Waals surface area (Å²) in [5, 5.41) is 0. The molecule has 2 aromatic heterocycles. The summed E-state index contributed by atoms with van der Waals surface area (Å²) in [4.78, 5) is 22.2. The van der Waals surface area contributed by atoms with Crippen molar-refractivity contribution in [1.82, 2.24) is 14.9 Å². The SMILES string of the molecule is COc1ccncc1C[C@H]1CCCCN1C(=O)Cc1ccc(C(F)(F)F)nc1. The molecule has 0 aromatic carbocycles. The fourth-order valence-electron chi connectivity index (χ4n) is 3.53. The van der Waals surface area contributed by atoms with Crippen LogP contribution in [0.5, 0.6) is 5.75 Å². The lowest BCUT2D eigenvalue weighted by atomic mass is 9.95. The van der Waals surface area contributed by atoms with Crippen molar-refractivity contribution in [2.24, 2.45) is 0 Å². The Bertz CT molecular complexity index is 809. The fraction of sp³-hybridized carbons (Fsp3) is 0.450. The Morgan fingerprint density at radius 3 is 2.75 bits per heavy atom. The van der Waals surface area contributed by atoms with Gasteiger partial charge in [-0.1, -0.05) is 6.07 Å². The van der Waals surface area contributed by atoms with Crippen LogP contribution in [0.3, 0.4) is 0 Å². The maximum absolute atomic E-state index is 12.8. The van der Waals surface area contributed by atoms with Gasteiger partial charge in [0.2, 0.25) is 5.91 Å². The van der Waals surface area contributed by atoms with Crippen LogP contribution in [0, 0.1) is 0 Å². The van der Waals surface area contributed by atoms with Gasteiger partial charge in [-0.05, 0) is 43.4 Å². The topological polar surface area (TPSA) is 55.3 Å². The summed E-state index contributed by atoms with van der Waals surface area (Å²) in [6, 6.07) is 4.04. The van der Waals surface area contributed by atoms with Gasteiger partial charge < -0.3 is 9.64 Å². The van der Waals surface area contributed by atoms with Crippen molar-refractivity contribution in [3.05, 3.63) is 53.6 Å². The number of halogens is 3. The number of methoxy groups -OCH3 is 1. The molecule has 1 fully saturated rings. The molecule has 1 amide bonds.